The number of rotatable bonds is 48. The van der Waals surface area contributed by atoms with Crippen LogP contribution in [0.5, 0.6) is 0 Å². The summed E-state index contributed by atoms with van der Waals surface area (Å²) in [6.07, 6.45) is 44.3. The Hall–Kier alpha value is -1.70. The van der Waals surface area contributed by atoms with Crippen molar-refractivity contribution in [3.63, 3.8) is 0 Å². The van der Waals surface area contributed by atoms with Gasteiger partial charge in [-0.15, -0.1) is 0 Å². The Morgan fingerprint density at radius 3 is 1.66 bits per heavy atom. The van der Waals surface area contributed by atoms with Gasteiger partial charge in [0.2, 0.25) is 0 Å². The zero-order valence-electron chi connectivity index (χ0n) is 41.9. The Balaban J connectivity index is 2.31. The van der Waals surface area contributed by atoms with E-state index in [0.29, 0.717) is 19.3 Å². The highest BCUT2D eigenvalue weighted by atomic mass is 31.2. The highest BCUT2D eigenvalue weighted by molar-refractivity contribution is 7.47. The number of aliphatic hydroxyl groups excluding tert-OH is 1. The monoisotopic (exact) mass is 993 g/mol. The Morgan fingerprint density at radius 1 is 0.582 bits per heavy atom. The highest BCUT2D eigenvalue weighted by Crippen LogP contribution is 2.44. The quantitative estimate of drug-likeness (QED) is 0.0147. The average molecular weight is 993 g/mol. The third kappa shape index (κ3) is 42.9. The molecule has 1 aliphatic heterocycles. The number of allylic oxidation sites excluding steroid dienone is 5. The molecule has 1 aliphatic rings. The molecule has 0 saturated carbocycles. The lowest BCUT2D eigenvalue weighted by molar-refractivity contribution is -0.161. The van der Waals surface area contributed by atoms with E-state index in [9.17, 15) is 28.7 Å². The smallest absolute Gasteiger partial charge is 0.462 e. The summed E-state index contributed by atoms with van der Waals surface area (Å²) < 4.78 is 53.8. The normalized spacial score (nSPS) is 17.6. The maximum Gasteiger partial charge on any atom is 0.472 e. The van der Waals surface area contributed by atoms with Gasteiger partial charge in [-0.25, -0.2) is 9.13 Å². The summed E-state index contributed by atoms with van der Waals surface area (Å²) in [5.41, 5.74) is 0. The molecule has 0 aromatic heterocycles. The predicted octanol–water partition coefficient (Wildman–Crippen LogP) is 13.3. The van der Waals surface area contributed by atoms with Crippen LogP contribution in [0.3, 0.4) is 0 Å². The number of ether oxygens (including phenoxy) is 3. The van der Waals surface area contributed by atoms with Crippen molar-refractivity contribution in [1.82, 2.24) is 0 Å². The summed E-state index contributed by atoms with van der Waals surface area (Å²) in [5, 5.41) is 9.79. The Bertz CT molecular complexity index is 1400. The van der Waals surface area contributed by atoms with Crippen molar-refractivity contribution in [1.29, 1.82) is 0 Å². The fraction of sp³-hybridized carbons (Fsp3) is 0.843. The number of hydrogen-bond acceptors (Lipinski definition) is 11. The molecule has 0 aromatic rings. The van der Waals surface area contributed by atoms with E-state index in [1.165, 1.54) is 122 Å². The van der Waals surface area contributed by atoms with Gasteiger partial charge in [-0.05, 0) is 57.3 Å². The van der Waals surface area contributed by atoms with Crippen LogP contribution in [0.15, 0.2) is 36.5 Å². The van der Waals surface area contributed by atoms with E-state index in [2.05, 4.69) is 61.8 Å². The minimum atomic E-state index is -4.88. The van der Waals surface area contributed by atoms with Crippen LogP contribution in [-0.4, -0.2) is 82.6 Å². The molecule has 1 rings (SSSR count). The molecule has 16 heteroatoms. The van der Waals surface area contributed by atoms with Gasteiger partial charge in [-0.1, -0.05) is 192 Å². The maximum atomic E-state index is 12.8. The number of unbranched alkanes of at least 4 members (excludes halogenated alkanes) is 20. The van der Waals surface area contributed by atoms with Crippen LogP contribution in [0.4, 0.5) is 0 Å². The number of carbonyl (C=O) groups excluding carboxylic acids is 2. The Morgan fingerprint density at radius 2 is 1.09 bits per heavy atom. The largest absolute Gasteiger partial charge is 0.472 e. The number of esters is 2. The Kier molecular flexibility index (Phi) is 39.7. The minimum Gasteiger partial charge on any atom is -0.462 e. The third-order valence-corrected chi connectivity index (χ3v) is 13.4. The topological polar surface area (TPSA) is 208 Å². The summed E-state index contributed by atoms with van der Waals surface area (Å²) in [6.45, 7) is 4.08. The van der Waals surface area contributed by atoms with Crippen LogP contribution in [0.25, 0.3) is 0 Å². The molecule has 1 heterocycles. The standard InChI is InChI=1S/C51H94O14P2/c1-4-6-7-8-9-10-11-21-24-27-30-33-37-48-49(65-48)38-35-40-50(53)60-43-47(44-63-67(58,59)62-42-46(52)41-61-66(55,56)57)64-51(54)39-34-31-28-25-22-19-17-15-13-12-14-16-18-20-23-26-29-32-36-45(3)5-2/h9-10,21,24,30,33,45-49,52H,4-8,11-20,22-23,25-29,31-32,34-44H2,1-3H3,(H,58,59)(H2,55,56,57)/b10-9-,24-21-,33-30-/t45?,46-,47+,48?,49?/m0/s1. The minimum absolute atomic E-state index is 0.0804. The van der Waals surface area contributed by atoms with Crippen molar-refractivity contribution in [2.45, 2.75) is 244 Å². The molecule has 4 unspecified atom stereocenters. The molecule has 392 valence electrons. The number of phosphoric ester groups is 2. The number of aliphatic hydroxyl groups is 1. The van der Waals surface area contributed by atoms with E-state index in [1.54, 1.807) is 0 Å². The van der Waals surface area contributed by atoms with Gasteiger partial charge in [0.1, 0.15) is 12.7 Å². The summed E-state index contributed by atoms with van der Waals surface area (Å²) in [5.74, 6) is -0.218. The van der Waals surface area contributed by atoms with E-state index >= 15 is 0 Å². The van der Waals surface area contributed by atoms with Gasteiger partial charge in [-0.3, -0.25) is 23.2 Å². The van der Waals surface area contributed by atoms with Crippen LogP contribution in [0, 0.1) is 5.92 Å². The molecular formula is C51H94O14P2. The molecule has 6 atom stereocenters. The fourth-order valence-electron chi connectivity index (χ4n) is 7.53. The van der Waals surface area contributed by atoms with E-state index in [1.807, 2.05) is 0 Å². The second-order valence-electron chi connectivity index (χ2n) is 18.4. The van der Waals surface area contributed by atoms with Gasteiger partial charge in [0, 0.05) is 12.8 Å². The van der Waals surface area contributed by atoms with Crippen LogP contribution in [0.1, 0.15) is 220 Å². The second-order valence-corrected chi connectivity index (χ2v) is 21.1. The van der Waals surface area contributed by atoms with Crippen molar-refractivity contribution in [2.75, 3.05) is 26.4 Å². The Labute approximate surface area is 405 Å². The molecule has 0 aliphatic carbocycles. The van der Waals surface area contributed by atoms with E-state index in [4.69, 9.17) is 33.0 Å². The second kappa shape index (κ2) is 42.0. The van der Waals surface area contributed by atoms with Crippen molar-refractivity contribution >= 4 is 27.6 Å². The lowest BCUT2D eigenvalue weighted by Gasteiger charge is -2.20. The molecule has 0 radical (unpaired) electrons. The molecule has 0 bridgehead atoms. The molecule has 67 heavy (non-hydrogen) atoms. The zero-order chi connectivity index (χ0) is 49.3. The highest BCUT2D eigenvalue weighted by Gasteiger charge is 2.37. The average Bonchev–Trinajstić information content (AvgIpc) is 4.05. The molecule has 0 aromatic carbocycles. The van der Waals surface area contributed by atoms with Gasteiger partial charge in [0.15, 0.2) is 6.10 Å². The first-order valence-corrected chi connectivity index (χ1v) is 29.2. The molecule has 4 N–H and O–H groups in total. The number of carbonyl (C=O) groups is 2. The molecule has 0 spiro atoms. The summed E-state index contributed by atoms with van der Waals surface area (Å²) >= 11 is 0. The predicted molar refractivity (Wildman–Crippen MR) is 266 cm³/mol. The molecule has 1 saturated heterocycles. The van der Waals surface area contributed by atoms with Crippen molar-refractivity contribution < 1.29 is 66.3 Å². The summed E-state index contributed by atoms with van der Waals surface area (Å²) in [6, 6.07) is 0. The number of phosphoric acid groups is 2. The maximum absolute atomic E-state index is 12.8. The van der Waals surface area contributed by atoms with Crippen LogP contribution >= 0.6 is 15.6 Å². The lowest BCUT2D eigenvalue weighted by atomic mass is 9.99. The number of epoxide rings is 1. The lowest BCUT2D eigenvalue weighted by Crippen LogP contribution is -2.30. The van der Waals surface area contributed by atoms with E-state index in [-0.39, 0.29) is 25.0 Å². The molecule has 1 fully saturated rings. The van der Waals surface area contributed by atoms with Gasteiger partial charge in [0.05, 0.1) is 32.0 Å². The van der Waals surface area contributed by atoms with E-state index in [0.717, 1.165) is 50.9 Å². The van der Waals surface area contributed by atoms with Crippen molar-refractivity contribution in [2.24, 2.45) is 5.92 Å². The van der Waals surface area contributed by atoms with Gasteiger partial charge < -0.3 is 34.0 Å². The van der Waals surface area contributed by atoms with Gasteiger partial charge >= 0.3 is 27.6 Å². The first kappa shape index (κ1) is 63.3. The van der Waals surface area contributed by atoms with E-state index < -0.39 is 66.2 Å². The third-order valence-electron chi connectivity index (χ3n) is 12.0. The van der Waals surface area contributed by atoms with Crippen LogP contribution < -0.4 is 0 Å². The van der Waals surface area contributed by atoms with Crippen LogP contribution in [0.2, 0.25) is 0 Å². The van der Waals surface area contributed by atoms with Crippen molar-refractivity contribution in [3.8, 4) is 0 Å². The number of hydrogen-bond donors (Lipinski definition) is 4. The fourth-order valence-corrected chi connectivity index (χ4v) is 8.69. The molecule has 0 amide bonds. The van der Waals surface area contributed by atoms with Crippen LogP contribution in [-0.2, 0) is 46.5 Å². The molecular weight excluding hydrogens is 898 g/mol. The van der Waals surface area contributed by atoms with Crippen molar-refractivity contribution in [3.05, 3.63) is 36.5 Å². The SMILES string of the molecule is CCCCC/C=C\C/C=C\C/C=C\CC1OC1CCCC(=O)OC[C@H](COP(=O)(O)OC[C@@H](O)COP(=O)(O)O)OC(=O)CCCCCCCCCCCCCCCCCCCCC(C)CC. The molecule has 14 nitrogen and oxygen atoms in total. The summed E-state index contributed by atoms with van der Waals surface area (Å²) in [4.78, 5) is 53.1. The first-order valence-electron chi connectivity index (χ1n) is 26.2. The van der Waals surface area contributed by atoms with Gasteiger partial charge in [-0.2, -0.15) is 0 Å². The zero-order valence-corrected chi connectivity index (χ0v) is 43.7. The first-order chi connectivity index (χ1) is 32.2. The summed E-state index contributed by atoms with van der Waals surface area (Å²) in [7, 11) is -9.71. The van der Waals surface area contributed by atoms with Gasteiger partial charge in [0.25, 0.3) is 0 Å².